The highest BCUT2D eigenvalue weighted by Gasteiger charge is 2.08. The Balaban J connectivity index is 1.61. The topological polar surface area (TPSA) is 72.8 Å². The molecule has 0 spiro atoms. The maximum atomic E-state index is 10.8. The lowest BCUT2D eigenvalue weighted by Crippen LogP contribution is -2.35. The zero-order chi connectivity index (χ0) is 20.9. The fourth-order valence-corrected chi connectivity index (χ4v) is 2.58. The number of carbonyl (C=O) groups excluding carboxylic acids is 1. The highest BCUT2D eigenvalue weighted by molar-refractivity contribution is 5.81. The van der Waals surface area contributed by atoms with E-state index < -0.39 is 12.1 Å². The summed E-state index contributed by atoms with van der Waals surface area (Å²) < 4.78 is 19.7. The molecular weight excluding hydrogens is 372 g/mol. The Morgan fingerprint density at radius 1 is 1.00 bits per heavy atom. The quantitative estimate of drug-likeness (QED) is 0.235. The Labute approximate surface area is 171 Å². The molecule has 0 aromatic carbocycles. The third-order valence-electron chi connectivity index (χ3n) is 4.23. The second kappa shape index (κ2) is 12.8. The standard InChI is InChI=1S/C22H30N2O5/c1-3-22(26)29-16-15-28-18-21(25)17-27-14-13-24-11-7-20(8-12-24)19-5-9-23(4-2)10-6-19/h3,5-12,21,25H,1,4,13-18H2,2H3/q+2. The molecule has 1 atom stereocenters. The van der Waals surface area contributed by atoms with Gasteiger partial charge in [-0.25, -0.2) is 13.9 Å². The van der Waals surface area contributed by atoms with Crippen LogP contribution in [0.15, 0.2) is 61.7 Å². The Morgan fingerprint density at radius 2 is 1.55 bits per heavy atom. The molecule has 2 aromatic heterocycles. The molecule has 2 aromatic rings. The Morgan fingerprint density at radius 3 is 2.10 bits per heavy atom. The first-order valence-corrected chi connectivity index (χ1v) is 9.73. The van der Waals surface area contributed by atoms with Gasteiger partial charge in [0.25, 0.3) is 0 Å². The minimum Gasteiger partial charge on any atom is -0.460 e. The summed E-state index contributed by atoms with van der Waals surface area (Å²) in [6.07, 6.45) is 8.56. The third kappa shape index (κ3) is 8.51. The van der Waals surface area contributed by atoms with E-state index in [1.807, 2.05) is 17.0 Å². The van der Waals surface area contributed by atoms with Gasteiger partial charge in [-0.15, -0.1) is 0 Å². The first kappa shape index (κ1) is 22.7. The van der Waals surface area contributed by atoms with Crippen molar-refractivity contribution in [2.75, 3.05) is 33.0 Å². The summed E-state index contributed by atoms with van der Waals surface area (Å²) in [5.74, 6) is -0.489. The number of pyridine rings is 2. The van der Waals surface area contributed by atoms with Crippen molar-refractivity contribution in [3.8, 4) is 11.1 Å². The lowest BCUT2D eigenvalue weighted by molar-refractivity contribution is -0.698. The molecule has 0 aliphatic rings. The second-order valence-electron chi connectivity index (χ2n) is 6.42. The number of hydrogen-bond acceptors (Lipinski definition) is 5. The SMILES string of the molecule is C=CC(=O)OCCOCC(O)COCC[n+]1ccc(-c2cc[n+](CC)cc2)cc1. The molecule has 0 bridgehead atoms. The molecule has 2 rings (SSSR count). The van der Waals surface area contributed by atoms with E-state index >= 15 is 0 Å². The van der Waals surface area contributed by atoms with Crippen LogP contribution in [0, 0.1) is 0 Å². The molecular formula is C22H30N2O5+2. The van der Waals surface area contributed by atoms with Crippen LogP contribution in [-0.2, 0) is 32.1 Å². The predicted octanol–water partition coefficient (Wildman–Crippen LogP) is 1.07. The van der Waals surface area contributed by atoms with Crippen molar-refractivity contribution >= 4 is 5.97 Å². The molecule has 0 saturated carbocycles. The van der Waals surface area contributed by atoms with Crippen LogP contribution in [0.25, 0.3) is 11.1 Å². The molecule has 2 heterocycles. The number of esters is 1. The molecule has 1 N–H and O–H groups in total. The number of aliphatic hydroxyl groups is 1. The van der Waals surface area contributed by atoms with Crippen molar-refractivity contribution in [2.24, 2.45) is 0 Å². The van der Waals surface area contributed by atoms with E-state index in [1.165, 1.54) is 5.56 Å². The van der Waals surface area contributed by atoms with Gasteiger partial charge in [0.15, 0.2) is 31.3 Å². The lowest BCUT2D eigenvalue weighted by Gasteiger charge is -2.11. The highest BCUT2D eigenvalue weighted by atomic mass is 16.6. The van der Waals surface area contributed by atoms with Crippen LogP contribution in [0.4, 0.5) is 0 Å². The number of carbonyl (C=O) groups is 1. The van der Waals surface area contributed by atoms with E-state index in [0.29, 0.717) is 13.2 Å². The molecule has 0 radical (unpaired) electrons. The molecule has 0 aliphatic carbocycles. The van der Waals surface area contributed by atoms with Gasteiger partial charge in [-0.05, 0) is 18.1 Å². The number of hydrogen-bond donors (Lipinski definition) is 1. The summed E-state index contributed by atoms with van der Waals surface area (Å²) in [4.78, 5) is 10.8. The molecule has 1 unspecified atom stereocenters. The molecule has 0 aliphatic heterocycles. The van der Waals surface area contributed by atoms with Crippen LogP contribution < -0.4 is 9.13 Å². The van der Waals surface area contributed by atoms with Crippen LogP contribution in [0.5, 0.6) is 0 Å². The summed E-state index contributed by atoms with van der Waals surface area (Å²) in [5, 5.41) is 9.82. The number of nitrogens with zero attached hydrogens (tertiary/aromatic N) is 2. The predicted molar refractivity (Wildman–Crippen MR) is 107 cm³/mol. The zero-order valence-electron chi connectivity index (χ0n) is 16.9. The third-order valence-corrected chi connectivity index (χ3v) is 4.23. The Kier molecular flexibility index (Phi) is 9.99. The van der Waals surface area contributed by atoms with Crippen molar-refractivity contribution < 1.29 is 33.2 Å². The van der Waals surface area contributed by atoms with E-state index in [1.54, 1.807) is 0 Å². The van der Waals surface area contributed by atoms with Crippen LogP contribution in [0.2, 0.25) is 0 Å². The highest BCUT2D eigenvalue weighted by Crippen LogP contribution is 2.15. The molecule has 7 nitrogen and oxygen atoms in total. The summed E-state index contributed by atoms with van der Waals surface area (Å²) >= 11 is 0. The van der Waals surface area contributed by atoms with Gasteiger partial charge in [-0.2, -0.15) is 0 Å². The van der Waals surface area contributed by atoms with Crippen molar-refractivity contribution in [1.29, 1.82) is 0 Å². The summed E-state index contributed by atoms with van der Waals surface area (Å²) in [6, 6.07) is 8.37. The van der Waals surface area contributed by atoms with Crippen LogP contribution >= 0.6 is 0 Å². The van der Waals surface area contributed by atoms with Gasteiger partial charge in [0.2, 0.25) is 0 Å². The second-order valence-corrected chi connectivity index (χ2v) is 6.42. The Hall–Kier alpha value is -2.61. The maximum Gasteiger partial charge on any atom is 0.330 e. The lowest BCUT2D eigenvalue weighted by atomic mass is 10.1. The number of aliphatic hydroxyl groups excluding tert-OH is 1. The van der Waals surface area contributed by atoms with Crippen LogP contribution in [0.1, 0.15) is 6.92 Å². The van der Waals surface area contributed by atoms with Gasteiger partial charge in [0.1, 0.15) is 25.9 Å². The zero-order valence-corrected chi connectivity index (χ0v) is 16.9. The summed E-state index contributed by atoms with van der Waals surface area (Å²) in [7, 11) is 0. The van der Waals surface area contributed by atoms with Crippen molar-refractivity contribution in [1.82, 2.24) is 0 Å². The van der Waals surface area contributed by atoms with Gasteiger partial charge in [0, 0.05) is 30.3 Å². The monoisotopic (exact) mass is 402 g/mol. The number of aromatic nitrogens is 2. The van der Waals surface area contributed by atoms with E-state index in [9.17, 15) is 9.90 Å². The van der Waals surface area contributed by atoms with E-state index in [2.05, 4.69) is 54.7 Å². The van der Waals surface area contributed by atoms with E-state index in [4.69, 9.17) is 14.2 Å². The maximum absolute atomic E-state index is 10.8. The number of aryl methyl sites for hydroxylation is 1. The van der Waals surface area contributed by atoms with Crippen LogP contribution in [-0.4, -0.2) is 50.2 Å². The van der Waals surface area contributed by atoms with Crippen molar-refractivity contribution in [3.63, 3.8) is 0 Å². The average Bonchev–Trinajstić information content (AvgIpc) is 2.76. The van der Waals surface area contributed by atoms with Gasteiger partial charge in [0.05, 0.1) is 19.8 Å². The van der Waals surface area contributed by atoms with Crippen LogP contribution in [0.3, 0.4) is 0 Å². The fourth-order valence-electron chi connectivity index (χ4n) is 2.58. The first-order chi connectivity index (χ1) is 14.1. The number of rotatable bonds is 13. The number of ether oxygens (including phenoxy) is 3. The van der Waals surface area contributed by atoms with Gasteiger partial charge >= 0.3 is 5.97 Å². The normalized spacial score (nSPS) is 11.8. The molecule has 0 fully saturated rings. The molecule has 7 heteroatoms. The van der Waals surface area contributed by atoms with E-state index in [-0.39, 0.29) is 26.4 Å². The fraction of sp³-hybridized carbons (Fsp3) is 0.409. The summed E-state index contributed by atoms with van der Waals surface area (Å²) in [6.45, 7) is 8.22. The minimum absolute atomic E-state index is 0.128. The Bertz CT molecular complexity index is 747. The molecule has 0 amide bonds. The van der Waals surface area contributed by atoms with Gasteiger partial charge in [-0.3, -0.25) is 0 Å². The van der Waals surface area contributed by atoms with Crippen molar-refractivity contribution in [2.45, 2.75) is 26.1 Å². The first-order valence-electron chi connectivity index (χ1n) is 9.73. The molecule has 29 heavy (non-hydrogen) atoms. The van der Waals surface area contributed by atoms with Gasteiger partial charge < -0.3 is 19.3 Å². The van der Waals surface area contributed by atoms with Crippen molar-refractivity contribution in [3.05, 3.63) is 61.7 Å². The van der Waals surface area contributed by atoms with E-state index in [0.717, 1.165) is 18.2 Å². The van der Waals surface area contributed by atoms with Gasteiger partial charge in [-0.1, -0.05) is 6.58 Å². The summed E-state index contributed by atoms with van der Waals surface area (Å²) in [5.41, 5.74) is 2.34. The molecule has 0 saturated heterocycles. The minimum atomic E-state index is -0.721. The largest absolute Gasteiger partial charge is 0.460 e. The smallest absolute Gasteiger partial charge is 0.330 e. The molecule has 156 valence electrons. The average molecular weight is 402 g/mol.